The van der Waals surface area contributed by atoms with Gasteiger partial charge in [-0.2, -0.15) is 0 Å². The average Bonchev–Trinajstić information content (AvgIpc) is 2.39. The van der Waals surface area contributed by atoms with Gasteiger partial charge in [-0.25, -0.2) is 8.42 Å². The third-order valence-electron chi connectivity index (χ3n) is 2.29. The Kier molecular flexibility index (Phi) is 3.82. The van der Waals surface area contributed by atoms with E-state index < -0.39 is 9.05 Å². The van der Waals surface area contributed by atoms with E-state index in [1.165, 1.54) is 30.5 Å². The van der Waals surface area contributed by atoms with Gasteiger partial charge >= 0.3 is 0 Å². The van der Waals surface area contributed by atoms with Crippen LogP contribution in [0.4, 0.5) is 5.69 Å². The molecule has 0 unspecified atom stereocenters. The van der Waals surface area contributed by atoms with Gasteiger partial charge in [-0.15, -0.1) is 0 Å². The van der Waals surface area contributed by atoms with E-state index >= 15 is 0 Å². The molecule has 0 saturated carbocycles. The average molecular weight is 297 g/mol. The van der Waals surface area contributed by atoms with Gasteiger partial charge in [0, 0.05) is 22.6 Å². The first-order chi connectivity index (χ1) is 8.97. The van der Waals surface area contributed by atoms with Gasteiger partial charge in [0.1, 0.15) is 5.69 Å². The zero-order valence-electron chi connectivity index (χ0n) is 9.58. The molecule has 98 valence electrons. The first-order valence-corrected chi connectivity index (χ1v) is 7.55. The summed E-state index contributed by atoms with van der Waals surface area (Å²) in [5.41, 5.74) is 0.733. The number of nitrogens with one attached hydrogen (secondary N) is 1. The molecule has 0 radical (unpaired) electrons. The molecule has 2 rings (SSSR count). The lowest BCUT2D eigenvalue weighted by molar-refractivity contribution is 0.102. The van der Waals surface area contributed by atoms with Crippen LogP contribution in [0, 0.1) is 0 Å². The maximum atomic E-state index is 11.8. The molecule has 0 aliphatic carbocycles. The summed E-state index contributed by atoms with van der Waals surface area (Å²) in [6, 6.07) is 10.5. The Morgan fingerprint density at radius 3 is 2.32 bits per heavy atom. The highest BCUT2D eigenvalue weighted by molar-refractivity contribution is 8.13. The Morgan fingerprint density at radius 2 is 1.79 bits per heavy atom. The first kappa shape index (κ1) is 13.5. The number of hydrogen-bond donors (Lipinski definition) is 1. The minimum atomic E-state index is -3.75. The predicted molar refractivity (Wildman–Crippen MR) is 71.7 cm³/mol. The molecule has 0 atom stereocenters. The number of hydrogen-bond acceptors (Lipinski definition) is 4. The molecule has 0 saturated heterocycles. The van der Waals surface area contributed by atoms with Crippen LogP contribution in [0.25, 0.3) is 0 Å². The summed E-state index contributed by atoms with van der Waals surface area (Å²) >= 11 is 0. The van der Waals surface area contributed by atoms with Gasteiger partial charge in [-0.05, 0) is 36.4 Å². The molecule has 5 nitrogen and oxygen atoms in total. The topological polar surface area (TPSA) is 76.1 Å². The lowest BCUT2D eigenvalue weighted by Gasteiger charge is -2.04. The number of nitrogens with zero attached hydrogens (tertiary/aromatic N) is 1. The Morgan fingerprint density at radius 1 is 1.11 bits per heavy atom. The number of aromatic nitrogens is 1. The number of halogens is 1. The lowest BCUT2D eigenvalue weighted by atomic mass is 10.3. The van der Waals surface area contributed by atoms with Crippen LogP contribution in [0.2, 0.25) is 0 Å². The van der Waals surface area contributed by atoms with E-state index in [-0.39, 0.29) is 16.5 Å². The molecule has 0 fully saturated rings. The number of carbonyl (C=O) groups is 1. The van der Waals surface area contributed by atoms with Crippen LogP contribution in [-0.2, 0) is 9.05 Å². The normalized spacial score (nSPS) is 11.0. The third-order valence-corrected chi connectivity index (χ3v) is 3.66. The van der Waals surface area contributed by atoms with Gasteiger partial charge in [0.25, 0.3) is 15.0 Å². The highest BCUT2D eigenvalue weighted by atomic mass is 35.7. The van der Waals surface area contributed by atoms with Gasteiger partial charge in [0.2, 0.25) is 0 Å². The predicted octanol–water partition coefficient (Wildman–Crippen LogP) is 2.26. The Labute approximate surface area is 114 Å². The van der Waals surface area contributed by atoms with Crippen molar-refractivity contribution in [3.63, 3.8) is 0 Å². The number of pyridine rings is 1. The summed E-state index contributed by atoms with van der Waals surface area (Å²) in [6.07, 6.45) is 1.51. The Balaban J connectivity index is 2.15. The van der Waals surface area contributed by atoms with Gasteiger partial charge in [-0.1, -0.05) is 6.07 Å². The lowest BCUT2D eigenvalue weighted by Crippen LogP contribution is -2.13. The van der Waals surface area contributed by atoms with E-state index in [0.29, 0.717) is 5.69 Å². The molecule has 1 N–H and O–H groups in total. The van der Waals surface area contributed by atoms with Crippen LogP contribution < -0.4 is 5.32 Å². The molecule has 7 heteroatoms. The fourth-order valence-corrected chi connectivity index (χ4v) is 2.16. The van der Waals surface area contributed by atoms with Crippen LogP contribution >= 0.6 is 10.7 Å². The second-order valence-corrected chi connectivity index (χ2v) is 6.20. The highest BCUT2D eigenvalue weighted by Crippen LogP contribution is 2.17. The van der Waals surface area contributed by atoms with Crippen LogP contribution in [-0.4, -0.2) is 19.3 Å². The van der Waals surface area contributed by atoms with Crippen molar-refractivity contribution in [2.45, 2.75) is 4.90 Å². The maximum absolute atomic E-state index is 11.8. The number of anilines is 1. The van der Waals surface area contributed by atoms with Crippen molar-refractivity contribution in [1.82, 2.24) is 4.98 Å². The molecule has 19 heavy (non-hydrogen) atoms. The fourth-order valence-electron chi connectivity index (χ4n) is 1.39. The van der Waals surface area contributed by atoms with E-state index in [2.05, 4.69) is 10.3 Å². The first-order valence-electron chi connectivity index (χ1n) is 5.24. The van der Waals surface area contributed by atoms with Crippen molar-refractivity contribution in [2.75, 3.05) is 5.32 Å². The molecule has 1 heterocycles. The highest BCUT2D eigenvalue weighted by Gasteiger charge is 2.10. The number of benzene rings is 1. The van der Waals surface area contributed by atoms with Gasteiger partial charge in [0.15, 0.2) is 0 Å². The largest absolute Gasteiger partial charge is 0.321 e. The van der Waals surface area contributed by atoms with Crippen molar-refractivity contribution < 1.29 is 13.2 Å². The van der Waals surface area contributed by atoms with Crippen LogP contribution in [0.1, 0.15) is 10.5 Å². The van der Waals surface area contributed by atoms with E-state index in [0.717, 1.165) is 0 Å². The molecular formula is C12H9ClN2O3S. The van der Waals surface area contributed by atoms with Crippen LogP contribution in [0.15, 0.2) is 53.6 Å². The maximum Gasteiger partial charge on any atom is 0.274 e. The molecule has 0 spiro atoms. The Hall–Kier alpha value is -1.92. The van der Waals surface area contributed by atoms with Crippen LogP contribution in [0.5, 0.6) is 0 Å². The van der Waals surface area contributed by atoms with Crippen molar-refractivity contribution >= 4 is 31.3 Å². The zero-order valence-corrected chi connectivity index (χ0v) is 11.1. The van der Waals surface area contributed by atoms with Gasteiger partial charge in [0.05, 0.1) is 4.90 Å². The second-order valence-electron chi connectivity index (χ2n) is 3.63. The second kappa shape index (κ2) is 5.38. The van der Waals surface area contributed by atoms with E-state index in [9.17, 15) is 13.2 Å². The summed E-state index contributed by atoms with van der Waals surface area (Å²) in [5.74, 6) is -0.373. The summed E-state index contributed by atoms with van der Waals surface area (Å²) in [5, 5.41) is 2.60. The smallest absolute Gasteiger partial charge is 0.274 e. The summed E-state index contributed by atoms with van der Waals surface area (Å²) in [4.78, 5) is 15.7. The number of amides is 1. The molecule has 1 aromatic heterocycles. The van der Waals surface area contributed by atoms with Gasteiger partial charge in [-0.3, -0.25) is 9.78 Å². The minimum absolute atomic E-state index is 0.0231. The quantitative estimate of drug-likeness (QED) is 0.882. The summed E-state index contributed by atoms with van der Waals surface area (Å²) < 4.78 is 22.1. The molecular weight excluding hydrogens is 288 g/mol. The molecule has 2 aromatic rings. The summed E-state index contributed by atoms with van der Waals surface area (Å²) in [7, 11) is 1.43. The Bertz CT molecular complexity index is 685. The van der Waals surface area contributed by atoms with E-state index in [4.69, 9.17) is 10.7 Å². The number of carbonyl (C=O) groups excluding carboxylic acids is 1. The van der Waals surface area contributed by atoms with Crippen molar-refractivity contribution in [3.8, 4) is 0 Å². The SMILES string of the molecule is O=C(Nc1ccc(S(=O)(=O)Cl)cc1)c1ccccn1. The van der Waals surface area contributed by atoms with Gasteiger partial charge < -0.3 is 5.32 Å². The van der Waals surface area contributed by atoms with Crippen molar-refractivity contribution in [3.05, 3.63) is 54.4 Å². The fraction of sp³-hybridized carbons (Fsp3) is 0. The molecule has 1 amide bonds. The minimum Gasteiger partial charge on any atom is -0.321 e. The van der Waals surface area contributed by atoms with E-state index in [1.807, 2.05) is 0 Å². The zero-order chi connectivity index (χ0) is 13.9. The summed E-state index contributed by atoms with van der Waals surface area (Å²) in [6.45, 7) is 0. The number of rotatable bonds is 3. The monoisotopic (exact) mass is 296 g/mol. The third kappa shape index (κ3) is 3.52. The molecule has 1 aromatic carbocycles. The molecule has 0 aliphatic heterocycles. The van der Waals surface area contributed by atoms with E-state index in [1.54, 1.807) is 18.2 Å². The van der Waals surface area contributed by atoms with Crippen molar-refractivity contribution in [2.24, 2.45) is 0 Å². The van der Waals surface area contributed by atoms with Crippen molar-refractivity contribution in [1.29, 1.82) is 0 Å². The van der Waals surface area contributed by atoms with Crippen LogP contribution in [0.3, 0.4) is 0 Å². The molecule has 0 aliphatic rings. The standard InChI is InChI=1S/C12H9ClN2O3S/c13-19(17,18)10-6-4-9(5-7-10)15-12(16)11-3-1-2-8-14-11/h1-8H,(H,15,16). The molecule has 0 bridgehead atoms.